The molecule has 2 heterocycles. The van der Waals surface area contributed by atoms with Crippen molar-refractivity contribution in [3.63, 3.8) is 0 Å². The average molecular weight is 419 g/mol. The number of ether oxygens (including phenoxy) is 4. The van der Waals surface area contributed by atoms with E-state index in [1.807, 2.05) is 0 Å². The van der Waals surface area contributed by atoms with E-state index in [2.05, 4.69) is 10.3 Å². The second-order valence-electron chi connectivity index (χ2n) is 7.37. The minimum absolute atomic E-state index is 0.0465. The number of rotatable bonds is 7. The van der Waals surface area contributed by atoms with E-state index in [1.165, 1.54) is 6.07 Å². The molecular weight excluding hydrogens is 392 g/mol. The van der Waals surface area contributed by atoms with Crippen LogP contribution in [0, 0.1) is 0 Å². The molecule has 29 heavy (non-hydrogen) atoms. The molecular formula is C18H27F2N3O6. The van der Waals surface area contributed by atoms with Crippen LogP contribution in [0.4, 0.5) is 19.4 Å². The van der Waals surface area contributed by atoms with E-state index in [0.717, 1.165) is 6.20 Å². The van der Waals surface area contributed by atoms with Gasteiger partial charge in [-0.3, -0.25) is 9.88 Å². The highest BCUT2D eigenvalue weighted by Crippen LogP contribution is 2.44. The SMILES string of the molecule is CCOCC1OC(n2ccc(NC(=O)OC(C)(C)C)nc2=O)C(F)(F)C1OCC. The molecule has 1 aromatic heterocycles. The lowest BCUT2D eigenvalue weighted by Crippen LogP contribution is -2.43. The molecule has 1 aliphatic heterocycles. The number of carbonyl (C=O) groups excluding carboxylic acids is 1. The molecule has 0 saturated carbocycles. The van der Waals surface area contributed by atoms with Crippen molar-refractivity contribution in [2.75, 3.05) is 25.1 Å². The zero-order chi connectivity index (χ0) is 21.8. The summed E-state index contributed by atoms with van der Waals surface area (Å²) in [6, 6.07) is 1.20. The van der Waals surface area contributed by atoms with Crippen molar-refractivity contribution < 1.29 is 32.5 Å². The van der Waals surface area contributed by atoms with Crippen LogP contribution >= 0.6 is 0 Å². The van der Waals surface area contributed by atoms with Gasteiger partial charge >= 0.3 is 17.7 Å². The maximum absolute atomic E-state index is 14.9. The van der Waals surface area contributed by atoms with Gasteiger partial charge in [-0.05, 0) is 40.7 Å². The first-order valence-corrected chi connectivity index (χ1v) is 9.31. The number of halogens is 2. The van der Waals surface area contributed by atoms with Crippen LogP contribution in [0.3, 0.4) is 0 Å². The highest BCUT2D eigenvalue weighted by molar-refractivity contribution is 5.83. The summed E-state index contributed by atoms with van der Waals surface area (Å²) in [5, 5.41) is 2.28. The minimum Gasteiger partial charge on any atom is -0.444 e. The van der Waals surface area contributed by atoms with E-state index >= 15 is 0 Å². The van der Waals surface area contributed by atoms with Crippen LogP contribution in [0.5, 0.6) is 0 Å². The molecule has 1 aliphatic rings. The molecule has 164 valence electrons. The number of alkyl halides is 2. The number of nitrogens with one attached hydrogen (secondary N) is 1. The van der Waals surface area contributed by atoms with Crippen LogP contribution in [0.1, 0.15) is 40.8 Å². The molecule has 1 aromatic rings. The molecule has 3 atom stereocenters. The van der Waals surface area contributed by atoms with Gasteiger partial charge in [0.05, 0.1) is 6.61 Å². The number of hydrogen-bond acceptors (Lipinski definition) is 7. The number of amides is 1. The predicted octanol–water partition coefficient (Wildman–Crippen LogP) is 2.56. The van der Waals surface area contributed by atoms with Gasteiger partial charge in [-0.25, -0.2) is 9.59 Å². The standard InChI is InChI=1S/C18H27F2N3O6/c1-6-26-10-11-13(27-7-2)18(19,20)14(28-11)23-9-8-12(21-15(23)24)22-16(25)29-17(3,4)5/h8-9,11,13-14H,6-7,10H2,1-5H3,(H,21,22,24,25). The van der Waals surface area contributed by atoms with Gasteiger partial charge in [-0.2, -0.15) is 13.8 Å². The monoisotopic (exact) mass is 419 g/mol. The van der Waals surface area contributed by atoms with Crippen molar-refractivity contribution >= 4 is 11.9 Å². The van der Waals surface area contributed by atoms with Crippen LogP contribution in [0.2, 0.25) is 0 Å². The zero-order valence-electron chi connectivity index (χ0n) is 17.1. The molecule has 1 fully saturated rings. The van der Waals surface area contributed by atoms with E-state index in [0.29, 0.717) is 11.2 Å². The highest BCUT2D eigenvalue weighted by Gasteiger charge is 2.61. The van der Waals surface area contributed by atoms with Crippen LogP contribution < -0.4 is 11.0 Å². The van der Waals surface area contributed by atoms with Gasteiger partial charge in [0.15, 0.2) is 6.10 Å². The molecule has 9 nitrogen and oxygen atoms in total. The van der Waals surface area contributed by atoms with Gasteiger partial charge in [0.25, 0.3) is 0 Å². The summed E-state index contributed by atoms with van der Waals surface area (Å²) in [6.45, 7) is 8.60. The highest BCUT2D eigenvalue weighted by atomic mass is 19.3. The molecule has 2 rings (SSSR count). The normalized spacial score (nSPS) is 23.8. The molecule has 1 N–H and O–H groups in total. The van der Waals surface area contributed by atoms with Gasteiger partial charge in [-0.15, -0.1) is 0 Å². The lowest BCUT2D eigenvalue weighted by Gasteiger charge is -2.24. The fraction of sp³-hybridized carbons (Fsp3) is 0.722. The molecule has 0 spiro atoms. The van der Waals surface area contributed by atoms with Crippen molar-refractivity contribution in [3.05, 3.63) is 22.7 Å². The molecule has 11 heteroatoms. The largest absolute Gasteiger partial charge is 0.444 e. The van der Waals surface area contributed by atoms with E-state index < -0.39 is 41.7 Å². The summed E-state index contributed by atoms with van der Waals surface area (Å²) in [5.41, 5.74) is -1.77. The predicted molar refractivity (Wildman–Crippen MR) is 99.1 cm³/mol. The maximum Gasteiger partial charge on any atom is 0.413 e. The first-order chi connectivity index (χ1) is 13.5. The average Bonchev–Trinajstić information content (AvgIpc) is 2.83. The van der Waals surface area contributed by atoms with E-state index in [-0.39, 0.29) is 19.0 Å². The van der Waals surface area contributed by atoms with Gasteiger partial charge < -0.3 is 18.9 Å². The smallest absolute Gasteiger partial charge is 0.413 e. The van der Waals surface area contributed by atoms with Crippen LogP contribution in [-0.2, 0) is 18.9 Å². The van der Waals surface area contributed by atoms with Crippen LogP contribution in [0.25, 0.3) is 0 Å². The molecule has 0 bridgehead atoms. The van der Waals surface area contributed by atoms with Crippen molar-refractivity contribution in [1.29, 1.82) is 0 Å². The van der Waals surface area contributed by atoms with Crippen LogP contribution in [-0.4, -0.2) is 59.2 Å². The summed E-state index contributed by atoms with van der Waals surface area (Å²) >= 11 is 0. The second kappa shape index (κ2) is 9.14. The number of carbonyl (C=O) groups is 1. The first kappa shape index (κ1) is 23.2. The van der Waals surface area contributed by atoms with Crippen molar-refractivity contribution in [2.45, 2.75) is 64.6 Å². The van der Waals surface area contributed by atoms with Gasteiger partial charge in [-0.1, -0.05) is 0 Å². The quantitative estimate of drug-likeness (QED) is 0.725. The maximum atomic E-state index is 14.9. The Hall–Kier alpha value is -2.11. The summed E-state index contributed by atoms with van der Waals surface area (Å²) < 4.78 is 51.4. The number of nitrogens with zero attached hydrogens (tertiary/aromatic N) is 2. The van der Waals surface area contributed by atoms with E-state index in [4.69, 9.17) is 18.9 Å². The lowest BCUT2D eigenvalue weighted by molar-refractivity contribution is -0.153. The Balaban J connectivity index is 2.22. The zero-order valence-corrected chi connectivity index (χ0v) is 17.1. The van der Waals surface area contributed by atoms with E-state index in [9.17, 15) is 18.4 Å². The third-order valence-corrected chi connectivity index (χ3v) is 3.89. The molecule has 0 radical (unpaired) electrons. The van der Waals surface area contributed by atoms with Gasteiger partial charge in [0, 0.05) is 19.4 Å². The topological polar surface area (TPSA) is 101 Å². The van der Waals surface area contributed by atoms with Gasteiger partial charge in [0.1, 0.15) is 17.5 Å². The fourth-order valence-corrected chi connectivity index (χ4v) is 2.79. The van der Waals surface area contributed by atoms with Crippen LogP contribution in [0.15, 0.2) is 17.1 Å². The Morgan fingerprint density at radius 3 is 2.59 bits per heavy atom. The number of anilines is 1. The summed E-state index contributed by atoms with van der Waals surface area (Å²) in [6.07, 6.45) is -4.29. The van der Waals surface area contributed by atoms with Crippen molar-refractivity contribution in [3.8, 4) is 0 Å². The number of aromatic nitrogens is 2. The Morgan fingerprint density at radius 2 is 2.03 bits per heavy atom. The molecule has 3 unspecified atom stereocenters. The van der Waals surface area contributed by atoms with Crippen molar-refractivity contribution in [2.24, 2.45) is 0 Å². The summed E-state index contributed by atoms with van der Waals surface area (Å²) in [5.74, 6) is -3.63. The molecule has 0 aromatic carbocycles. The second-order valence-corrected chi connectivity index (χ2v) is 7.37. The third-order valence-electron chi connectivity index (χ3n) is 3.89. The minimum atomic E-state index is -3.50. The molecule has 0 aliphatic carbocycles. The van der Waals surface area contributed by atoms with E-state index in [1.54, 1.807) is 34.6 Å². The Labute approximate surface area is 167 Å². The summed E-state index contributed by atoms with van der Waals surface area (Å²) in [4.78, 5) is 27.7. The van der Waals surface area contributed by atoms with Crippen molar-refractivity contribution in [1.82, 2.24) is 9.55 Å². The number of hydrogen-bond donors (Lipinski definition) is 1. The lowest BCUT2D eigenvalue weighted by atomic mass is 10.1. The molecule has 1 amide bonds. The van der Waals surface area contributed by atoms with Gasteiger partial charge in [0.2, 0.25) is 6.23 Å². The summed E-state index contributed by atoms with van der Waals surface area (Å²) in [7, 11) is 0. The Kier molecular flexibility index (Phi) is 7.30. The first-order valence-electron chi connectivity index (χ1n) is 9.31. The Morgan fingerprint density at radius 1 is 1.34 bits per heavy atom. The Bertz CT molecular complexity index is 765. The molecule has 1 saturated heterocycles. The third kappa shape index (κ3) is 5.71. The fourth-order valence-electron chi connectivity index (χ4n) is 2.79.